The maximum atomic E-state index is 11.1. The highest BCUT2D eigenvalue weighted by Crippen LogP contribution is 2.31. The monoisotopic (exact) mass is 251 g/mol. The van der Waals surface area contributed by atoms with Crippen molar-refractivity contribution in [1.29, 1.82) is 0 Å². The zero-order chi connectivity index (χ0) is 13.1. The Bertz CT molecular complexity index is 450. The standard InChI is InChI=1S/C12H17N3O3/c1-9-6-11(15(17)18)12(13-7-9)14-5-3-2-4-10(14)8-16/h6-7,10,16H,2-5,8H2,1H3. The number of aliphatic hydroxyl groups excluding tert-OH is 1. The van der Waals surface area contributed by atoms with E-state index in [1.54, 1.807) is 13.1 Å². The molecule has 1 aliphatic rings. The largest absolute Gasteiger partial charge is 0.394 e. The Morgan fingerprint density at radius 1 is 1.61 bits per heavy atom. The van der Waals surface area contributed by atoms with Gasteiger partial charge in [-0.1, -0.05) is 0 Å². The summed E-state index contributed by atoms with van der Waals surface area (Å²) in [5.41, 5.74) is 0.790. The van der Waals surface area contributed by atoms with Gasteiger partial charge < -0.3 is 10.0 Å². The molecule has 6 nitrogen and oxygen atoms in total. The van der Waals surface area contributed by atoms with Gasteiger partial charge in [0.15, 0.2) is 0 Å². The third-order valence-corrected chi connectivity index (χ3v) is 3.29. The van der Waals surface area contributed by atoms with Gasteiger partial charge in [-0.25, -0.2) is 4.98 Å². The molecule has 1 N–H and O–H groups in total. The van der Waals surface area contributed by atoms with Crippen LogP contribution in [0.4, 0.5) is 11.5 Å². The minimum Gasteiger partial charge on any atom is -0.394 e. The van der Waals surface area contributed by atoms with Gasteiger partial charge in [0.25, 0.3) is 0 Å². The Labute approximate surface area is 105 Å². The highest BCUT2D eigenvalue weighted by atomic mass is 16.6. The molecule has 1 unspecified atom stereocenters. The van der Waals surface area contributed by atoms with Gasteiger partial charge in [-0.3, -0.25) is 10.1 Å². The molecule has 0 aliphatic carbocycles. The van der Waals surface area contributed by atoms with E-state index in [9.17, 15) is 15.2 Å². The van der Waals surface area contributed by atoms with E-state index >= 15 is 0 Å². The van der Waals surface area contributed by atoms with Gasteiger partial charge >= 0.3 is 5.69 Å². The average Bonchev–Trinajstić information content (AvgIpc) is 2.38. The summed E-state index contributed by atoms with van der Waals surface area (Å²) in [6.07, 6.45) is 4.50. The molecule has 0 spiro atoms. The molecule has 18 heavy (non-hydrogen) atoms. The van der Waals surface area contributed by atoms with Gasteiger partial charge in [-0.2, -0.15) is 0 Å². The van der Waals surface area contributed by atoms with Gasteiger partial charge in [-0.15, -0.1) is 0 Å². The number of aryl methyl sites for hydroxylation is 1. The summed E-state index contributed by atoms with van der Waals surface area (Å²) in [6, 6.07) is 1.47. The molecular weight excluding hydrogens is 234 g/mol. The van der Waals surface area contributed by atoms with Gasteiger partial charge in [0, 0.05) is 18.8 Å². The number of aromatic nitrogens is 1. The van der Waals surface area contributed by atoms with E-state index < -0.39 is 4.92 Å². The summed E-state index contributed by atoms with van der Waals surface area (Å²) in [5.74, 6) is 0.379. The van der Waals surface area contributed by atoms with E-state index in [-0.39, 0.29) is 18.3 Å². The van der Waals surface area contributed by atoms with Crippen LogP contribution in [0.1, 0.15) is 24.8 Å². The predicted molar refractivity (Wildman–Crippen MR) is 67.7 cm³/mol. The van der Waals surface area contributed by atoms with Crippen LogP contribution in [-0.2, 0) is 0 Å². The van der Waals surface area contributed by atoms with E-state index in [0.717, 1.165) is 24.8 Å². The summed E-state index contributed by atoms with van der Waals surface area (Å²) in [6.45, 7) is 2.50. The van der Waals surface area contributed by atoms with Crippen LogP contribution in [0.15, 0.2) is 12.3 Å². The number of rotatable bonds is 3. The van der Waals surface area contributed by atoms with Crippen molar-refractivity contribution < 1.29 is 10.0 Å². The number of hydrogen-bond donors (Lipinski definition) is 1. The number of piperidine rings is 1. The summed E-state index contributed by atoms with van der Waals surface area (Å²) in [5, 5.41) is 20.5. The lowest BCUT2D eigenvalue weighted by atomic mass is 10.0. The smallest absolute Gasteiger partial charge is 0.311 e. The summed E-state index contributed by atoms with van der Waals surface area (Å²) in [7, 11) is 0. The van der Waals surface area contributed by atoms with Crippen LogP contribution in [0, 0.1) is 17.0 Å². The zero-order valence-electron chi connectivity index (χ0n) is 10.4. The maximum absolute atomic E-state index is 11.1. The quantitative estimate of drug-likeness (QED) is 0.652. The molecule has 6 heteroatoms. The van der Waals surface area contributed by atoms with Crippen molar-refractivity contribution in [2.75, 3.05) is 18.1 Å². The van der Waals surface area contributed by atoms with Crippen molar-refractivity contribution in [3.8, 4) is 0 Å². The van der Waals surface area contributed by atoms with Crippen LogP contribution in [0.5, 0.6) is 0 Å². The van der Waals surface area contributed by atoms with E-state index in [2.05, 4.69) is 4.98 Å². The molecule has 0 bridgehead atoms. The Morgan fingerprint density at radius 2 is 2.39 bits per heavy atom. The van der Waals surface area contributed by atoms with Crippen LogP contribution in [0.2, 0.25) is 0 Å². The SMILES string of the molecule is Cc1cnc(N2CCCCC2CO)c([N+](=O)[O-])c1. The Kier molecular flexibility index (Phi) is 3.76. The van der Waals surface area contributed by atoms with Gasteiger partial charge in [0.2, 0.25) is 5.82 Å². The normalized spacial score (nSPS) is 19.9. The molecule has 1 aromatic rings. The molecule has 0 saturated carbocycles. The molecule has 1 aliphatic heterocycles. The molecule has 2 heterocycles. The third kappa shape index (κ3) is 2.43. The molecule has 1 saturated heterocycles. The fourth-order valence-electron chi connectivity index (χ4n) is 2.37. The van der Waals surface area contributed by atoms with Crippen LogP contribution in [0.3, 0.4) is 0 Å². The molecule has 0 radical (unpaired) electrons. The fraction of sp³-hybridized carbons (Fsp3) is 0.583. The number of hydrogen-bond acceptors (Lipinski definition) is 5. The molecular formula is C12H17N3O3. The van der Waals surface area contributed by atoms with E-state index in [1.807, 2.05) is 4.90 Å². The van der Waals surface area contributed by atoms with Crippen LogP contribution in [-0.4, -0.2) is 34.2 Å². The Hall–Kier alpha value is -1.69. The second-order valence-corrected chi connectivity index (χ2v) is 4.64. The minimum absolute atomic E-state index is 0.00666. The first-order valence-corrected chi connectivity index (χ1v) is 6.12. The Balaban J connectivity index is 2.39. The van der Waals surface area contributed by atoms with Crippen LogP contribution >= 0.6 is 0 Å². The van der Waals surface area contributed by atoms with Crippen molar-refractivity contribution in [1.82, 2.24) is 4.98 Å². The molecule has 0 amide bonds. The molecule has 98 valence electrons. The number of nitrogens with zero attached hydrogens (tertiary/aromatic N) is 3. The molecule has 0 aromatic carbocycles. The first-order valence-electron chi connectivity index (χ1n) is 6.12. The van der Waals surface area contributed by atoms with E-state index in [4.69, 9.17) is 0 Å². The van der Waals surface area contributed by atoms with Crippen molar-refractivity contribution in [3.05, 3.63) is 27.9 Å². The van der Waals surface area contributed by atoms with Crippen LogP contribution in [0.25, 0.3) is 0 Å². The maximum Gasteiger partial charge on any atom is 0.311 e. The van der Waals surface area contributed by atoms with Crippen molar-refractivity contribution in [2.45, 2.75) is 32.2 Å². The number of pyridine rings is 1. The predicted octanol–water partition coefficient (Wildman–Crippen LogP) is 1.65. The number of anilines is 1. The number of nitro groups is 1. The first-order chi connectivity index (χ1) is 8.63. The fourth-order valence-corrected chi connectivity index (χ4v) is 2.37. The molecule has 2 rings (SSSR count). The summed E-state index contributed by atoms with van der Waals surface area (Å²) >= 11 is 0. The average molecular weight is 251 g/mol. The van der Waals surface area contributed by atoms with Gasteiger partial charge in [-0.05, 0) is 31.7 Å². The van der Waals surface area contributed by atoms with E-state index in [1.165, 1.54) is 6.07 Å². The van der Waals surface area contributed by atoms with Crippen molar-refractivity contribution in [2.24, 2.45) is 0 Å². The highest BCUT2D eigenvalue weighted by molar-refractivity contribution is 5.59. The second-order valence-electron chi connectivity index (χ2n) is 4.64. The molecule has 1 aromatic heterocycles. The van der Waals surface area contributed by atoms with Gasteiger partial charge in [0.1, 0.15) is 0 Å². The lowest BCUT2D eigenvalue weighted by molar-refractivity contribution is -0.384. The lowest BCUT2D eigenvalue weighted by Crippen LogP contribution is -2.42. The minimum atomic E-state index is -0.404. The second kappa shape index (κ2) is 5.30. The summed E-state index contributed by atoms with van der Waals surface area (Å²) < 4.78 is 0. The number of aliphatic hydroxyl groups is 1. The van der Waals surface area contributed by atoms with Gasteiger partial charge in [0.05, 0.1) is 17.6 Å². The van der Waals surface area contributed by atoms with Crippen molar-refractivity contribution >= 4 is 11.5 Å². The topological polar surface area (TPSA) is 79.5 Å². The van der Waals surface area contributed by atoms with Crippen LogP contribution < -0.4 is 4.90 Å². The highest BCUT2D eigenvalue weighted by Gasteiger charge is 2.28. The molecule has 1 atom stereocenters. The van der Waals surface area contributed by atoms with Crippen molar-refractivity contribution in [3.63, 3.8) is 0 Å². The lowest BCUT2D eigenvalue weighted by Gasteiger charge is -2.35. The molecule has 1 fully saturated rings. The zero-order valence-corrected chi connectivity index (χ0v) is 10.4. The summed E-state index contributed by atoms with van der Waals surface area (Å²) in [4.78, 5) is 16.7. The Morgan fingerprint density at radius 3 is 3.06 bits per heavy atom. The third-order valence-electron chi connectivity index (χ3n) is 3.29. The first kappa shape index (κ1) is 12.8. The van der Waals surface area contributed by atoms with E-state index in [0.29, 0.717) is 12.4 Å².